The SMILES string of the molecule is Cc1cc(CO)cnc1Oc1ccc(C(C)C)cc1. The van der Waals surface area contributed by atoms with Gasteiger partial charge in [0.15, 0.2) is 0 Å². The van der Waals surface area contributed by atoms with Crippen LogP contribution in [0, 0.1) is 6.92 Å². The average molecular weight is 257 g/mol. The maximum Gasteiger partial charge on any atom is 0.222 e. The number of aliphatic hydroxyl groups excluding tert-OH is 1. The number of aliphatic hydroxyl groups is 1. The summed E-state index contributed by atoms with van der Waals surface area (Å²) in [5, 5.41) is 9.04. The molecular weight excluding hydrogens is 238 g/mol. The van der Waals surface area contributed by atoms with E-state index in [9.17, 15) is 0 Å². The van der Waals surface area contributed by atoms with Crippen molar-refractivity contribution in [2.75, 3.05) is 0 Å². The van der Waals surface area contributed by atoms with Gasteiger partial charge in [0.2, 0.25) is 5.88 Å². The van der Waals surface area contributed by atoms with Crippen LogP contribution in [0.2, 0.25) is 0 Å². The van der Waals surface area contributed by atoms with E-state index >= 15 is 0 Å². The van der Waals surface area contributed by atoms with Crippen molar-refractivity contribution in [3.8, 4) is 11.6 Å². The Morgan fingerprint density at radius 1 is 1.21 bits per heavy atom. The minimum Gasteiger partial charge on any atom is -0.439 e. The number of aromatic nitrogens is 1. The second-order valence-corrected chi connectivity index (χ2v) is 4.95. The number of ether oxygens (including phenoxy) is 1. The van der Waals surface area contributed by atoms with Crippen LogP contribution in [0.15, 0.2) is 36.5 Å². The Hall–Kier alpha value is -1.87. The summed E-state index contributed by atoms with van der Waals surface area (Å²) in [5.41, 5.74) is 2.99. The van der Waals surface area contributed by atoms with Crippen LogP contribution in [0.5, 0.6) is 11.6 Å². The number of benzene rings is 1. The molecule has 19 heavy (non-hydrogen) atoms. The van der Waals surface area contributed by atoms with E-state index in [1.54, 1.807) is 6.20 Å². The molecule has 100 valence electrons. The highest BCUT2D eigenvalue weighted by Crippen LogP contribution is 2.25. The van der Waals surface area contributed by atoms with Crippen LogP contribution in [-0.4, -0.2) is 10.1 Å². The molecule has 1 aromatic heterocycles. The Labute approximate surface area is 113 Å². The van der Waals surface area contributed by atoms with Gasteiger partial charge < -0.3 is 9.84 Å². The summed E-state index contributed by atoms with van der Waals surface area (Å²) in [6.07, 6.45) is 1.63. The van der Waals surface area contributed by atoms with E-state index in [2.05, 4.69) is 31.0 Å². The van der Waals surface area contributed by atoms with E-state index in [-0.39, 0.29) is 6.61 Å². The predicted octanol–water partition coefficient (Wildman–Crippen LogP) is 3.80. The van der Waals surface area contributed by atoms with Gasteiger partial charge in [0.05, 0.1) is 6.61 Å². The Kier molecular flexibility index (Phi) is 4.17. The van der Waals surface area contributed by atoms with Crippen LogP contribution in [-0.2, 0) is 6.61 Å². The predicted molar refractivity (Wildman–Crippen MR) is 75.5 cm³/mol. The summed E-state index contributed by atoms with van der Waals surface area (Å²) in [7, 11) is 0. The van der Waals surface area contributed by atoms with Crippen molar-refractivity contribution in [1.29, 1.82) is 0 Å². The van der Waals surface area contributed by atoms with Gasteiger partial charge in [-0.2, -0.15) is 0 Å². The van der Waals surface area contributed by atoms with Crippen LogP contribution >= 0.6 is 0 Å². The van der Waals surface area contributed by atoms with Gasteiger partial charge in [-0.05, 0) is 42.2 Å². The first kappa shape index (κ1) is 13.6. The van der Waals surface area contributed by atoms with Gasteiger partial charge in [-0.25, -0.2) is 4.98 Å². The fourth-order valence-electron chi connectivity index (χ4n) is 1.85. The molecule has 0 aliphatic rings. The van der Waals surface area contributed by atoms with Crippen molar-refractivity contribution < 1.29 is 9.84 Å². The van der Waals surface area contributed by atoms with Crippen molar-refractivity contribution in [2.45, 2.75) is 33.3 Å². The minimum atomic E-state index is -0.00277. The van der Waals surface area contributed by atoms with Gasteiger partial charge in [0.1, 0.15) is 5.75 Å². The van der Waals surface area contributed by atoms with Crippen LogP contribution in [0.3, 0.4) is 0 Å². The molecule has 0 saturated heterocycles. The molecule has 0 aliphatic heterocycles. The fourth-order valence-corrected chi connectivity index (χ4v) is 1.85. The van der Waals surface area contributed by atoms with Crippen molar-refractivity contribution in [3.63, 3.8) is 0 Å². The van der Waals surface area contributed by atoms with E-state index < -0.39 is 0 Å². The number of pyridine rings is 1. The number of nitrogens with zero attached hydrogens (tertiary/aromatic N) is 1. The second-order valence-electron chi connectivity index (χ2n) is 4.95. The molecule has 2 rings (SSSR count). The molecule has 0 atom stereocenters. The third-order valence-electron chi connectivity index (χ3n) is 3.03. The molecule has 0 radical (unpaired) electrons. The Morgan fingerprint density at radius 2 is 1.89 bits per heavy atom. The van der Waals surface area contributed by atoms with Crippen molar-refractivity contribution in [2.24, 2.45) is 0 Å². The first-order valence-corrected chi connectivity index (χ1v) is 6.44. The standard InChI is InChI=1S/C16H19NO2/c1-11(2)14-4-6-15(7-5-14)19-16-12(3)8-13(10-18)9-17-16/h4-9,11,18H,10H2,1-3H3. The third kappa shape index (κ3) is 3.32. The topological polar surface area (TPSA) is 42.4 Å². The van der Waals surface area contributed by atoms with Gasteiger partial charge in [0, 0.05) is 11.8 Å². The van der Waals surface area contributed by atoms with E-state index in [0.29, 0.717) is 11.8 Å². The monoisotopic (exact) mass is 257 g/mol. The first-order valence-electron chi connectivity index (χ1n) is 6.44. The fraction of sp³-hybridized carbons (Fsp3) is 0.312. The van der Waals surface area contributed by atoms with Crippen molar-refractivity contribution in [3.05, 3.63) is 53.2 Å². The molecule has 0 unspecified atom stereocenters. The molecule has 3 nitrogen and oxygen atoms in total. The zero-order valence-electron chi connectivity index (χ0n) is 11.6. The summed E-state index contributed by atoms with van der Waals surface area (Å²) in [5.74, 6) is 1.86. The third-order valence-corrected chi connectivity index (χ3v) is 3.03. The highest BCUT2D eigenvalue weighted by molar-refractivity contribution is 5.35. The Balaban J connectivity index is 2.16. The minimum absolute atomic E-state index is 0.00277. The van der Waals surface area contributed by atoms with Gasteiger partial charge in [-0.15, -0.1) is 0 Å². The first-order chi connectivity index (χ1) is 9.10. The molecule has 0 fully saturated rings. The lowest BCUT2D eigenvalue weighted by Gasteiger charge is -2.10. The molecular formula is C16H19NO2. The smallest absolute Gasteiger partial charge is 0.222 e. The molecule has 0 bridgehead atoms. The lowest BCUT2D eigenvalue weighted by atomic mass is 10.0. The lowest BCUT2D eigenvalue weighted by molar-refractivity contribution is 0.281. The van der Waals surface area contributed by atoms with Gasteiger partial charge in [0.25, 0.3) is 0 Å². The summed E-state index contributed by atoms with van der Waals surface area (Å²) in [6, 6.07) is 9.92. The van der Waals surface area contributed by atoms with Crippen LogP contribution in [0.25, 0.3) is 0 Å². The molecule has 2 aromatic rings. The average Bonchev–Trinajstić information content (AvgIpc) is 2.41. The van der Waals surface area contributed by atoms with E-state index in [1.165, 1.54) is 5.56 Å². The van der Waals surface area contributed by atoms with Crippen molar-refractivity contribution >= 4 is 0 Å². The quantitative estimate of drug-likeness (QED) is 0.906. The zero-order valence-corrected chi connectivity index (χ0v) is 11.6. The summed E-state index contributed by atoms with van der Waals surface area (Å²) in [4.78, 5) is 4.22. The lowest BCUT2D eigenvalue weighted by Crippen LogP contribution is -1.94. The Bertz CT molecular complexity index is 547. The van der Waals surface area contributed by atoms with Crippen molar-refractivity contribution in [1.82, 2.24) is 4.98 Å². The van der Waals surface area contributed by atoms with E-state index in [0.717, 1.165) is 16.9 Å². The zero-order chi connectivity index (χ0) is 13.8. The van der Waals surface area contributed by atoms with Crippen LogP contribution < -0.4 is 4.74 Å². The molecule has 0 amide bonds. The molecule has 0 aliphatic carbocycles. The van der Waals surface area contributed by atoms with Gasteiger partial charge in [-0.3, -0.25) is 0 Å². The number of hydrogen-bond acceptors (Lipinski definition) is 3. The van der Waals surface area contributed by atoms with E-state index in [1.807, 2.05) is 25.1 Å². The molecule has 0 spiro atoms. The molecule has 1 aromatic carbocycles. The number of rotatable bonds is 4. The maximum atomic E-state index is 9.04. The number of hydrogen-bond donors (Lipinski definition) is 1. The molecule has 1 heterocycles. The van der Waals surface area contributed by atoms with E-state index in [4.69, 9.17) is 9.84 Å². The second kappa shape index (κ2) is 5.85. The van der Waals surface area contributed by atoms with Gasteiger partial charge in [-0.1, -0.05) is 26.0 Å². The maximum absolute atomic E-state index is 9.04. The Morgan fingerprint density at radius 3 is 2.42 bits per heavy atom. The largest absolute Gasteiger partial charge is 0.439 e. The van der Waals surface area contributed by atoms with Gasteiger partial charge >= 0.3 is 0 Å². The normalized spacial score (nSPS) is 10.8. The molecule has 3 heteroatoms. The highest BCUT2D eigenvalue weighted by Gasteiger charge is 2.05. The van der Waals surface area contributed by atoms with Crippen LogP contribution in [0.1, 0.15) is 36.5 Å². The van der Waals surface area contributed by atoms with Crippen LogP contribution in [0.4, 0.5) is 0 Å². The molecule has 0 saturated carbocycles. The highest BCUT2D eigenvalue weighted by atomic mass is 16.5. The summed E-state index contributed by atoms with van der Waals surface area (Å²) < 4.78 is 5.75. The summed E-state index contributed by atoms with van der Waals surface area (Å²) in [6.45, 7) is 6.24. The number of aryl methyl sites for hydroxylation is 1. The molecule has 1 N–H and O–H groups in total. The summed E-state index contributed by atoms with van der Waals surface area (Å²) >= 11 is 0.